The summed E-state index contributed by atoms with van der Waals surface area (Å²) in [6.07, 6.45) is 11.6. The molecule has 1 aliphatic rings. The molecule has 33 heavy (non-hydrogen) atoms. The molecule has 0 radical (unpaired) electrons. The lowest BCUT2D eigenvalue weighted by molar-refractivity contribution is 0.312. The zero-order chi connectivity index (χ0) is 23.4. The van der Waals surface area contributed by atoms with E-state index >= 15 is 4.39 Å². The Morgan fingerprint density at radius 1 is 0.939 bits per heavy atom. The zero-order valence-corrected chi connectivity index (χ0v) is 19.4. The molecule has 4 heteroatoms. The minimum atomic E-state index is -0.890. The van der Waals surface area contributed by atoms with Crippen molar-refractivity contribution >= 4 is 22.4 Å². The Hall–Kier alpha value is -2.70. The molecule has 170 valence electrons. The Kier molecular flexibility index (Phi) is 7.46. The average molecular weight is 467 g/mol. The third-order valence-electron chi connectivity index (χ3n) is 6.60. The van der Waals surface area contributed by atoms with Gasteiger partial charge in [0.2, 0.25) is 0 Å². The lowest BCUT2D eigenvalue weighted by Gasteiger charge is -2.28. The lowest BCUT2D eigenvalue weighted by atomic mass is 9.77. The van der Waals surface area contributed by atoms with Gasteiger partial charge in [-0.1, -0.05) is 59.9 Å². The number of allylic oxidation sites excluding steroid dienone is 2. The fourth-order valence-electron chi connectivity index (χ4n) is 4.71. The first-order chi connectivity index (χ1) is 16.0. The van der Waals surface area contributed by atoms with Gasteiger partial charge in [-0.3, -0.25) is 0 Å². The normalized spacial score (nSPS) is 18.5. The topological polar surface area (TPSA) is 0 Å². The molecule has 0 nitrogen and oxygen atoms in total. The molecule has 0 spiro atoms. The van der Waals surface area contributed by atoms with Crippen LogP contribution in [0.5, 0.6) is 0 Å². The van der Waals surface area contributed by atoms with Crippen molar-refractivity contribution in [1.29, 1.82) is 0 Å². The maximum Gasteiger partial charge on any atom is 0.146 e. The summed E-state index contributed by atoms with van der Waals surface area (Å²) in [5, 5.41) is 0.767. The van der Waals surface area contributed by atoms with Crippen LogP contribution in [0.4, 0.5) is 13.2 Å². The number of hydrogen-bond acceptors (Lipinski definition) is 0. The molecule has 0 aliphatic heterocycles. The van der Waals surface area contributed by atoms with E-state index in [0.29, 0.717) is 11.3 Å². The molecule has 1 aliphatic carbocycles. The second kappa shape index (κ2) is 10.5. The van der Waals surface area contributed by atoms with Crippen molar-refractivity contribution in [3.05, 3.63) is 93.8 Å². The summed E-state index contributed by atoms with van der Waals surface area (Å²) in [4.78, 5) is 0. The zero-order valence-electron chi connectivity index (χ0n) is 18.6. The van der Waals surface area contributed by atoms with Gasteiger partial charge in [-0.05, 0) is 86.4 Å². The Bertz CT molecular complexity index is 1220. The molecule has 3 aromatic carbocycles. The van der Waals surface area contributed by atoms with Gasteiger partial charge in [0.15, 0.2) is 0 Å². The van der Waals surface area contributed by atoms with Gasteiger partial charge in [-0.25, -0.2) is 13.2 Å². The van der Waals surface area contributed by atoms with E-state index in [4.69, 9.17) is 11.6 Å². The van der Waals surface area contributed by atoms with Crippen molar-refractivity contribution in [2.75, 3.05) is 0 Å². The van der Waals surface area contributed by atoms with E-state index in [-0.39, 0.29) is 11.1 Å². The minimum absolute atomic E-state index is 0.102. The highest BCUT2D eigenvalue weighted by Crippen LogP contribution is 2.38. The first-order valence-corrected chi connectivity index (χ1v) is 11.8. The molecule has 0 N–H and O–H groups in total. The molecule has 1 fully saturated rings. The minimum Gasteiger partial charge on any atom is -0.205 e. The van der Waals surface area contributed by atoms with Crippen molar-refractivity contribution in [3.63, 3.8) is 0 Å². The van der Waals surface area contributed by atoms with Crippen LogP contribution in [0, 0.1) is 35.2 Å². The number of hydrogen-bond donors (Lipinski definition) is 0. The van der Waals surface area contributed by atoms with Crippen LogP contribution >= 0.6 is 11.6 Å². The monoisotopic (exact) mass is 466 g/mol. The van der Waals surface area contributed by atoms with Crippen LogP contribution in [-0.4, -0.2) is 0 Å². The van der Waals surface area contributed by atoms with Gasteiger partial charge in [0.1, 0.15) is 22.5 Å². The standard InChI is InChI=1S/C29H26ClF3/c1-2-3-4-5-19-6-9-21(10-7-19)23-14-15-25-24(18-23)13-12-22(29(25)33)11-8-20-16-26(31)28(30)27(32)17-20/h2-3,12-19,21H,4-7,9-10H2,1H3/b3-2+. The molecule has 0 aromatic heterocycles. The molecule has 0 amide bonds. The molecular formula is C29H26ClF3. The first-order valence-electron chi connectivity index (χ1n) is 11.5. The van der Waals surface area contributed by atoms with Crippen molar-refractivity contribution in [1.82, 2.24) is 0 Å². The van der Waals surface area contributed by atoms with Crippen LogP contribution in [0.3, 0.4) is 0 Å². The van der Waals surface area contributed by atoms with Crippen LogP contribution in [-0.2, 0) is 0 Å². The van der Waals surface area contributed by atoms with E-state index in [1.165, 1.54) is 37.7 Å². The predicted octanol–water partition coefficient (Wildman–Crippen LogP) is 8.94. The molecule has 0 bridgehead atoms. The van der Waals surface area contributed by atoms with Crippen LogP contribution in [0.1, 0.15) is 68.1 Å². The highest BCUT2D eigenvalue weighted by atomic mass is 35.5. The van der Waals surface area contributed by atoms with E-state index < -0.39 is 22.5 Å². The van der Waals surface area contributed by atoms with Gasteiger partial charge in [0.05, 0.1) is 5.56 Å². The fourth-order valence-corrected chi connectivity index (χ4v) is 4.82. The summed E-state index contributed by atoms with van der Waals surface area (Å²) in [5.74, 6) is 4.44. The average Bonchev–Trinajstić information content (AvgIpc) is 2.82. The van der Waals surface area contributed by atoms with E-state index in [1.807, 2.05) is 18.2 Å². The van der Waals surface area contributed by atoms with E-state index in [1.54, 1.807) is 6.07 Å². The smallest absolute Gasteiger partial charge is 0.146 e. The Morgan fingerprint density at radius 3 is 2.36 bits per heavy atom. The number of halogens is 4. The van der Waals surface area contributed by atoms with Crippen LogP contribution in [0.2, 0.25) is 5.02 Å². The largest absolute Gasteiger partial charge is 0.205 e. The maximum atomic E-state index is 15.1. The molecule has 0 unspecified atom stereocenters. The number of benzene rings is 3. The molecule has 0 atom stereocenters. The van der Waals surface area contributed by atoms with E-state index in [2.05, 4.69) is 37.0 Å². The van der Waals surface area contributed by atoms with Gasteiger partial charge < -0.3 is 0 Å². The lowest BCUT2D eigenvalue weighted by Crippen LogP contribution is -2.13. The highest BCUT2D eigenvalue weighted by Gasteiger charge is 2.22. The fraction of sp³-hybridized carbons (Fsp3) is 0.310. The molecular weight excluding hydrogens is 441 g/mol. The molecule has 4 rings (SSSR count). The molecule has 0 saturated heterocycles. The summed E-state index contributed by atoms with van der Waals surface area (Å²) in [5.41, 5.74) is 1.55. The summed E-state index contributed by atoms with van der Waals surface area (Å²) in [7, 11) is 0. The van der Waals surface area contributed by atoms with Crippen LogP contribution in [0.15, 0.2) is 54.6 Å². The number of fused-ring (bicyclic) bond motifs is 1. The Balaban J connectivity index is 1.51. The Morgan fingerprint density at radius 2 is 1.67 bits per heavy atom. The first kappa shape index (κ1) is 23.5. The third kappa shape index (κ3) is 5.45. The summed E-state index contributed by atoms with van der Waals surface area (Å²) in [6, 6.07) is 11.5. The van der Waals surface area contributed by atoms with Gasteiger partial charge in [0.25, 0.3) is 0 Å². The molecule has 0 heterocycles. The number of rotatable bonds is 4. The van der Waals surface area contributed by atoms with Gasteiger partial charge >= 0.3 is 0 Å². The molecule has 1 saturated carbocycles. The summed E-state index contributed by atoms with van der Waals surface area (Å²) in [6.45, 7) is 2.07. The second-order valence-electron chi connectivity index (χ2n) is 8.78. The van der Waals surface area contributed by atoms with Gasteiger partial charge in [0, 0.05) is 10.9 Å². The summed E-state index contributed by atoms with van der Waals surface area (Å²) >= 11 is 5.50. The van der Waals surface area contributed by atoms with Crippen molar-refractivity contribution in [2.24, 2.45) is 5.92 Å². The van der Waals surface area contributed by atoms with E-state index in [9.17, 15) is 8.78 Å². The second-order valence-corrected chi connectivity index (χ2v) is 9.15. The van der Waals surface area contributed by atoms with Crippen molar-refractivity contribution in [3.8, 4) is 11.8 Å². The van der Waals surface area contributed by atoms with Gasteiger partial charge in [-0.2, -0.15) is 0 Å². The maximum absolute atomic E-state index is 15.1. The van der Waals surface area contributed by atoms with E-state index in [0.717, 1.165) is 29.9 Å². The highest BCUT2D eigenvalue weighted by molar-refractivity contribution is 6.30. The Labute approximate surface area is 198 Å². The SMILES string of the molecule is C/C=C/CCC1CCC(c2ccc3c(F)c(C#Cc4cc(F)c(Cl)c(F)c4)ccc3c2)CC1. The van der Waals surface area contributed by atoms with Crippen molar-refractivity contribution < 1.29 is 13.2 Å². The van der Waals surface area contributed by atoms with Gasteiger partial charge in [-0.15, -0.1) is 0 Å². The predicted molar refractivity (Wildman–Crippen MR) is 130 cm³/mol. The van der Waals surface area contributed by atoms with Crippen LogP contribution < -0.4 is 0 Å². The molecule has 3 aromatic rings. The third-order valence-corrected chi connectivity index (χ3v) is 6.96. The van der Waals surface area contributed by atoms with Crippen LogP contribution in [0.25, 0.3) is 10.8 Å². The van der Waals surface area contributed by atoms with Crippen molar-refractivity contribution in [2.45, 2.75) is 51.4 Å². The summed E-state index contributed by atoms with van der Waals surface area (Å²) < 4.78 is 42.3. The quantitative estimate of drug-likeness (QED) is 0.204.